The Morgan fingerprint density at radius 3 is 2.06 bits per heavy atom. The maximum Gasteiger partial charge on any atom is 0.325 e. The van der Waals surface area contributed by atoms with Crippen molar-refractivity contribution in [2.45, 2.75) is 122 Å². The molecular formula is C43H65Br2N13O10. The van der Waals surface area contributed by atoms with Gasteiger partial charge >= 0.3 is 5.97 Å². The molecule has 0 bridgehead atoms. The number of phenolic OH excluding ortho intramolecular Hbond substituents is 1. The van der Waals surface area contributed by atoms with Gasteiger partial charge in [0, 0.05) is 37.8 Å². The third kappa shape index (κ3) is 17.1. The van der Waals surface area contributed by atoms with Crippen LogP contribution in [0.3, 0.4) is 0 Å². The van der Waals surface area contributed by atoms with Crippen LogP contribution >= 0.6 is 31.9 Å². The number of carbonyl (C=O) groups excluding carboxylic acids is 7. The number of H-pyrrole nitrogens is 1. The minimum atomic E-state index is -1.39. The summed E-state index contributed by atoms with van der Waals surface area (Å²) in [6.07, 6.45) is 4.12. The second-order valence-electron chi connectivity index (χ2n) is 17.0. The lowest BCUT2D eigenvalue weighted by molar-refractivity contribution is -0.144. The number of hydrogen-bond acceptors (Lipinski definition) is 12. The van der Waals surface area contributed by atoms with Crippen LogP contribution in [0.1, 0.15) is 78.0 Å². The number of carboxylic acid groups (broad SMARTS) is 1. The van der Waals surface area contributed by atoms with E-state index in [-0.39, 0.29) is 66.0 Å². The van der Waals surface area contributed by atoms with Crippen molar-refractivity contribution in [2.24, 2.45) is 28.3 Å². The summed E-state index contributed by atoms with van der Waals surface area (Å²) < 4.78 is 0.565. The van der Waals surface area contributed by atoms with E-state index in [1.807, 2.05) is 0 Å². The fourth-order valence-electron chi connectivity index (χ4n) is 7.32. The third-order valence-electron chi connectivity index (χ3n) is 11.3. The Balaban J connectivity index is 1.96. The number of carboxylic acids is 1. The normalized spacial score (nSPS) is 16.5. The van der Waals surface area contributed by atoms with Gasteiger partial charge in [-0.1, -0.05) is 34.1 Å². The zero-order chi connectivity index (χ0) is 50.8. The summed E-state index contributed by atoms with van der Waals surface area (Å²) in [4.78, 5) is 121. The number of imidazole rings is 1. The molecule has 7 amide bonds. The quantitative estimate of drug-likeness (QED) is 0.0318. The zero-order valence-electron chi connectivity index (χ0n) is 39.0. The maximum absolute atomic E-state index is 14.6. The topological polar surface area (TPSA) is 358 Å². The molecule has 0 saturated carbocycles. The lowest BCUT2D eigenvalue weighted by Gasteiger charge is -2.32. The number of phenols is 1. The van der Waals surface area contributed by atoms with Crippen LogP contribution in [0.25, 0.3) is 0 Å². The van der Waals surface area contributed by atoms with E-state index in [4.69, 9.17) is 11.5 Å². The van der Waals surface area contributed by atoms with Gasteiger partial charge in [-0.2, -0.15) is 0 Å². The van der Waals surface area contributed by atoms with Crippen LogP contribution in [0.4, 0.5) is 0 Å². The van der Waals surface area contributed by atoms with Crippen LogP contribution in [0.5, 0.6) is 5.75 Å². The summed E-state index contributed by atoms with van der Waals surface area (Å²) in [6, 6.07) is -5.38. The summed E-state index contributed by atoms with van der Waals surface area (Å²) >= 11 is 6.61. The number of likely N-dealkylation sites (N-methyl/N-ethyl adjacent to an activating group) is 1. The minimum Gasteiger partial charge on any atom is -0.506 e. The average molecular weight is 1080 g/mol. The molecule has 68 heavy (non-hydrogen) atoms. The van der Waals surface area contributed by atoms with E-state index >= 15 is 0 Å². The molecule has 0 aliphatic carbocycles. The minimum absolute atomic E-state index is 0.0794. The Morgan fingerprint density at radius 1 is 0.868 bits per heavy atom. The number of nitrogens with two attached hydrogens (primary N) is 2. The number of aromatic hydroxyl groups is 1. The Hall–Kier alpha value is -5.82. The number of aromatic amines is 1. The van der Waals surface area contributed by atoms with Gasteiger partial charge < -0.3 is 68.8 Å². The maximum atomic E-state index is 14.6. The Morgan fingerprint density at radius 2 is 1.49 bits per heavy atom. The van der Waals surface area contributed by atoms with E-state index in [0.29, 0.717) is 30.5 Å². The first-order valence-electron chi connectivity index (χ1n) is 22.3. The van der Waals surface area contributed by atoms with E-state index < -0.39 is 101 Å². The van der Waals surface area contributed by atoms with E-state index in [1.165, 1.54) is 24.3 Å². The van der Waals surface area contributed by atoms with Crippen molar-refractivity contribution in [3.8, 4) is 5.75 Å². The summed E-state index contributed by atoms with van der Waals surface area (Å²) in [5.74, 6) is -7.32. The first-order chi connectivity index (χ1) is 32.1. The summed E-state index contributed by atoms with van der Waals surface area (Å²) in [5, 5.41) is 38.6. The molecule has 1 saturated heterocycles. The van der Waals surface area contributed by atoms with Crippen molar-refractivity contribution in [3.63, 3.8) is 0 Å². The van der Waals surface area contributed by atoms with Gasteiger partial charge in [-0.05, 0) is 101 Å². The number of benzene rings is 1. The highest BCUT2D eigenvalue weighted by atomic mass is 79.9. The molecule has 23 nitrogen and oxygen atoms in total. The van der Waals surface area contributed by atoms with Crippen molar-refractivity contribution in [1.82, 2.24) is 52.1 Å². The first-order valence-corrected chi connectivity index (χ1v) is 23.8. The number of rotatable bonds is 26. The molecule has 1 aromatic carbocycles. The fourth-order valence-corrected chi connectivity index (χ4v) is 8.60. The number of likely N-dealkylation sites (tertiary alicyclic amines) is 1. The van der Waals surface area contributed by atoms with Crippen molar-refractivity contribution in [1.29, 1.82) is 0 Å². The number of halogens is 2. The average Bonchev–Trinajstić information content (AvgIpc) is 3.99. The van der Waals surface area contributed by atoms with Crippen molar-refractivity contribution < 1.29 is 48.6 Å². The van der Waals surface area contributed by atoms with Crippen LogP contribution < -0.4 is 48.7 Å². The van der Waals surface area contributed by atoms with Crippen LogP contribution in [-0.4, -0.2) is 147 Å². The lowest BCUT2D eigenvalue weighted by atomic mass is 9.96. The lowest BCUT2D eigenvalue weighted by Crippen LogP contribution is -2.62. The van der Waals surface area contributed by atoms with E-state index in [2.05, 4.69) is 84.0 Å². The van der Waals surface area contributed by atoms with Gasteiger partial charge in [-0.15, -0.1) is 0 Å². The molecule has 1 aliphatic rings. The van der Waals surface area contributed by atoms with Crippen molar-refractivity contribution in [3.05, 3.63) is 44.9 Å². The van der Waals surface area contributed by atoms with Crippen LogP contribution in [0, 0.1) is 11.8 Å². The smallest absolute Gasteiger partial charge is 0.325 e. The van der Waals surface area contributed by atoms with Gasteiger partial charge in [0.1, 0.15) is 48.0 Å². The first kappa shape index (κ1) is 56.5. The number of aliphatic imine (C=N–C) groups is 1. The molecule has 0 unspecified atom stereocenters. The zero-order valence-corrected chi connectivity index (χ0v) is 42.2. The highest BCUT2D eigenvalue weighted by molar-refractivity contribution is 9.11. The van der Waals surface area contributed by atoms with Crippen LogP contribution in [0.15, 0.2) is 38.6 Å². The molecule has 2 heterocycles. The predicted octanol–water partition coefficient (Wildman–Crippen LogP) is -0.595. The number of aliphatic carboxylic acids is 1. The fraction of sp³-hybridized carbons (Fsp3) is 0.581. The van der Waals surface area contributed by atoms with Crippen molar-refractivity contribution >= 4 is 85.1 Å². The molecule has 0 spiro atoms. The molecule has 14 N–H and O–H groups in total. The molecule has 2 aromatic rings. The Bertz CT molecular complexity index is 2100. The molecule has 0 radical (unpaired) electrons. The molecule has 1 aromatic heterocycles. The number of nitrogens with zero attached hydrogens (tertiary/aromatic N) is 3. The molecule has 25 heteroatoms. The van der Waals surface area contributed by atoms with E-state index in [9.17, 15) is 48.6 Å². The van der Waals surface area contributed by atoms with Gasteiger partial charge in [0.05, 0.1) is 21.8 Å². The SMILES string of the molecule is CC[C@H](C)[C@H](NC(=O)[C@H](Cc1cc(Br)c(O)c(Br)c1)NC(=O)[C@@H](NC(=O)[C@H](CCCN=C(N)N)NC(=O)CNC)C(C)C)C(=O)N[C@@H](Cc1cnc[nH]1)C(=O)N1CCC[C@H]1C(=O)N[C@H](C)C(=O)O. The number of carbonyl (C=O) groups is 8. The number of guanidine groups is 1. The predicted molar refractivity (Wildman–Crippen MR) is 257 cm³/mol. The van der Waals surface area contributed by atoms with Crippen molar-refractivity contribution in [2.75, 3.05) is 26.7 Å². The van der Waals surface area contributed by atoms with Gasteiger partial charge in [-0.25, -0.2) is 4.98 Å². The second-order valence-corrected chi connectivity index (χ2v) is 18.7. The Labute approximate surface area is 411 Å². The summed E-state index contributed by atoms with van der Waals surface area (Å²) in [7, 11) is 1.56. The van der Waals surface area contributed by atoms with Crippen LogP contribution in [-0.2, 0) is 51.2 Å². The standard InChI is InChI=1S/C43H65Br2N13O10/c1-7-22(4)34(40(65)55-30(17-25-18-49-20-51-25)41(66)58-13-9-11-31(58)38(63)52-23(5)42(67)68)57-37(62)29(16-24-14-26(44)35(60)27(45)15-24)54-39(64)33(21(2)3)56-36(61)28(53-32(59)19-48-6)10-8-12-50-43(46)47/h14-15,18,20-23,28-31,33-34,48,60H,7-13,16-17,19H2,1-6H3,(H,49,51)(H,52,63)(H,53,59)(H,54,64)(H,55,65)(H,56,61)(H,57,62)(H,67,68)(H4,46,47,50)/t22-,23+,28-,29-,30-,31-,33-,34-/m0/s1. The van der Waals surface area contributed by atoms with Gasteiger partial charge in [-0.3, -0.25) is 43.3 Å². The highest BCUT2D eigenvalue weighted by Crippen LogP contribution is 2.34. The monoisotopic (exact) mass is 1080 g/mol. The van der Waals surface area contributed by atoms with Gasteiger partial charge in [0.2, 0.25) is 41.4 Å². The molecule has 3 rings (SSSR count). The molecular weight excluding hydrogens is 1020 g/mol. The molecule has 1 fully saturated rings. The van der Waals surface area contributed by atoms with E-state index in [0.717, 1.165) is 0 Å². The van der Waals surface area contributed by atoms with E-state index in [1.54, 1.807) is 46.9 Å². The summed E-state index contributed by atoms with van der Waals surface area (Å²) in [5.41, 5.74) is 11.8. The third-order valence-corrected chi connectivity index (χ3v) is 12.5. The molecule has 1 aliphatic heterocycles. The second kappa shape index (κ2) is 27.2. The largest absolute Gasteiger partial charge is 0.506 e. The number of amides is 7. The number of nitrogens with one attached hydrogen (secondary N) is 8. The molecule has 8 atom stereocenters. The molecule has 376 valence electrons. The van der Waals surface area contributed by atoms with Crippen LogP contribution in [0.2, 0.25) is 0 Å². The summed E-state index contributed by atoms with van der Waals surface area (Å²) in [6.45, 7) is 8.42. The number of hydrogen-bond donors (Lipinski definition) is 12. The van der Waals surface area contributed by atoms with Gasteiger partial charge in [0.15, 0.2) is 5.96 Å². The van der Waals surface area contributed by atoms with Gasteiger partial charge in [0.25, 0.3) is 0 Å². The number of aromatic nitrogens is 2. The highest BCUT2D eigenvalue weighted by Gasteiger charge is 2.40. The Kier molecular flexibility index (Phi) is 22.6.